The highest BCUT2D eigenvalue weighted by Gasteiger charge is 2.29. The quantitative estimate of drug-likeness (QED) is 0.897. The normalized spacial score (nSPS) is 17.5. The molecular weight excluding hydrogens is 327 g/mol. The maximum atomic E-state index is 13.0. The Morgan fingerprint density at radius 3 is 2.72 bits per heavy atom. The Bertz CT molecular complexity index is 760. The molecule has 1 fully saturated rings. The van der Waals surface area contributed by atoms with Gasteiger partial charge in [0.25, 0.3) is 5.91 Å². The van der Waals surface area contributed by atoms with Crippen LogP contribution in [0.3, 0.4) is 0 Å². The lowest BCUT2D eigenvalue weighted by Crippen LogP contribution is -2.44. The van der Waals surface area contributed by atoms with Crippen molar-refractivity contribution >= 4 is 11.9 Å². The minimum absolute atomic E-state index is 0.0384. The van der Waals surface area contributed by atoms with Crippen LogP contribution in [0.2, 0.25) is 0 Å². The van der Waals surface area contributed by atoms with Crippen molar-refractivity contribution in [2.75, 3.05) is 6.54 Å². The van der Waals surface area contributed by atoms with Gasteiger partial charge in [-0.25, -0.2) is 4.39 Å². The molecule has 0 unspecified atom stereocenters. The number of nitrogens with zero attached hydrogens (tertiary/aromatic N) is 4. The molecule has 1 aliphatic rings. The van der Waals surface area contributed by atoms with E-state index in [2.05, 4.69) is 10.2 Å². The van der Waals surface area contributed by atoms with Gasteiger partial charge < -0.3 is 10.0 Å². The standard InChI is InChI=1S/C17H19FN4O3/c18-12-4-6-14(7-5-12)22-19-11-15(20-22)17(25)21-10-2-1-3-13(21)8-9-16(23)24/h4-7,11,13H,1-3,8-10H2,(H,23,24)/t13-/m1/s1. The Balaban J connectivity index is 1.75. The average molecular weight is 346 g/mol. The van der Waals surface area contributed by atoms with E-state index >= 15 is 0 Å². The average Bonchev–Trinajstić information content (AvgIpc) is 3.10. The zero-order valence-electron chi connectivity index (χ0n) is 13.6. The number of aromatic nitrogens is 3. The Hall–Kier alpha value is -2.77. The minimum atomic E-state index is -0.861. The van der Waals surface area contributed by atoms with E-state index in [4.69, 9.17) is 5.11 Å². The number of carbonyl (C=O) groups excluding carboxylic acids is 1. The number of carboxylic acid groups (broad SMARTS) is 1. The molecule has 0 spiro atoms. The van der Waals surface area contributed by atoms with E-state index < -0.39 is 5.97 Å². The Labute approximate surface area is 144 Å². The zero-order valence-corrected chi connectivity index (χ0v) is 13.6. The molecule has 1 aromatic carbocycles. The van der Waals surface area contributed by atoms with E-state index in [0.29, 0.717) is 18.7 Å². The molecule has 0 aliphatic carbocycles. The molecule has 8 heteroatoms. The van der Waals surface area contributed by atoms with Crippen LogP contribution < -0.4 is 0 Å². The lowest BCUT2D eigenvalue weighted by molar-refractivity contribution is -0.137. The van der Waals surface area contributed by atoms with E-state index in [0.717, 1.165) is 19.3 Å². The van der Waals surface area contributed by atoms with E-state index in [1.165, 1.54) is 35.3 Å². The van der Waals surface area contributed by atoms with Gasteiger partial charge in [-0.05, 0) is 49.9 Å². The van der Waals surface area contributed by atoms with Crippen LogP contribution >= 0.6 is 0 Å². The fourth-order valence-electron chi connectivity index (χ4n) is 3.07. The molecule has 132 valence electrons. The summed E-state index contributed by atoms with van der Waals surface area (Å²) < 4.78 is 13.0. The van der Waals surface area contributed by atoms with Crippen LogP contribution in [-0.4, -0.2) is 49.5 Å². The third-order valence-corrected chi connectivity index (χ3v) is 4.35. The number of aliphatic carboxylic acids is 1. The number of rotatable bonds is 5. The molecule has 0 radical (unpaired) electrons. The zero-order chi connectivity index (χ0) is 17.8. The predicted molar refractivity (Wildman–Crippen MR) is 86.9 cm³/mol. The summed E-state index contributed by atoms with van der Waals surface area (Å²) in [5.41, 5.74) is 0.757. The van der Waals surface area contributed by atoms with Crippen molar-refractivity contribution in [2.24, 2.45) is 0 Å². The summed E-state index contributed by atoms with van der Waals surface area (Å²) in [6, 6.07) is 5.56. The minimum Gasteiger partial charge on any atom is -0.481 e. The molecule has 2 aromatic rings. The molecule has 3 rings (SSSR count). The summed E-state index contributed by atoms with van der Waals surface area (Å²) in [4.78, 5) is 26.6. The number of hydrogen-bond acceptors (Lipinski definition) is 4. The van der Waals surface area contributed by atoms with Crippen molar-refractivity contribution in [1.29, 1.82) is 0 Å². The van der Waals surface area contributed by atoms with Crippen LogP contribution in [0.25, 0.3) is 5.69 Å². The second-order valence-electron chi connectivity index (χ2n) is 6.08. The van der Waals surface area contributed by atoms with Gasteiger partial charge in [-0.1, -0.05) is 0 Å². The fourth-order valence-corrected chi connectivity index (χ4v) is 3.07. The van der Waals surface area contributed by atoms with Crippen molar-refractivity contribution in [3.63, 3.8) is 0 Å². The molecule has 0 saturated carbocycles. The Kier molecular flexibility index (Phi) is 5.06. The third-order valence-electron chi connectivity index (χ3n) is 4.35. The highest BCUT2D eigenvalue weighted by molar-refractivity contribution is 5.92. The van der Waals surface area contributed by atoms with Crippen molar-refractivity contribution in [2.45, 2.75) is 38.1 Å². The monoisotopic (exact) mass is 346 g/mol. The van der Waals surface area contributed by atoms with Gasteiger partial charge in [-0.2, -0.15) is 9.90 Å². The number of halogens is 1. The summed E-state index contributed by atoms with van der Waals surface area (Å²) in [7, 11) is 0. The van der Waals surface area contributed by atoms with Gasteiger partial charge in [0.1, 0.15) is 5.82 Å². The van der Waals surface area contributed by atoms with Crippen LogP contribution in [-0.2, 0) is 4.79 Å². The number of carboxylic acids is 1. The molecule has 1 amide bonds. The van der Waals surface area contributed by atoms with Crippen LogP contribution in [0.4, 0.5) is 4.39 Å². The molecule has 7 nitrogen and oxygen atoms in total. The maximum Gasteiger partial charge on any atom is 0.303 e. The Morgan fingerprint density at radius 1 is 1.24 bits per heavy atom. The first-order valence-corrected chi connectivity index (χ1v) is 8.25. The van der Waals surface area contributed by atoms with Gasteiger partial charge in [0.05, 0.1) is 11.9 Å². The molecule has 1 saturated heterocycles. The largest absolute Gasteiger partial charge is 0.481 e. The number of amides is 1. The fraction of sp³-hybridized carbons (Fsp3) is 0.412. The second kappa shape index (κ2) is 7.42. The number of hydrogen-bond donors (Lipinski definition) is 1. The van der Waals surface area contributed by atoms with Gasteiger partial charge in [-0.3, -0.25) is 9.59 Å². The third kappa shape index (κ3) is 4.01. The van der Waals surface area contributed by atoms with Crippen molar-refractivity contribution in [3.8, 4) is 5.69 Å². The first-order chi connectivity index (χ1) is 12.0. The number of benzene rings is 1. The molecule has 1 atom stereocenters. The number of carbonyl (C=O) groups is 2. The van der Waals surface area contributed by atoms with E-state index in [9.17, 15) is 14.0 Å². The van der Waals surface area contributed by atoms with Crippen LogP contribution in [0.15, 0.2) is 30.5 Å². The van der Waals surface area contributed by atoms with Crippen molar-refractivity contribution < 1.29 is 19.1 Å². The smallest absolute Gasteiger partial charge is 0.303 e. The van der Waals surface area contributed by atoms with Crippen molar-refractivity contribution in [1.82, 2.24) is 19.9 Å². The molecule has 25 heavy (non-hydrogen) atoms. The molecule has 1 aliphatic heterocycles. The van der Waals surface area contributed by atoms with E-state index in [1.807, 2.05) is 0 Å². The predicted octanol–water partition coefficient (Wildman–Crippen LogP) is 2.27. The van der Waals surface area contributed by atoms with E-state index in [1.54, 1.807) is 4.90 Å². The topological polar surface area (TPSA) is 88.3 Å². The molecule has 1 N–H and O–H groups in total. The van der Waals surface area contributed by atoms with Crippen LogP contribution in [0.5, 0.6) is 0 Å². The Morgan fingerprint density at radius 2 is 2.00 bits per heavy atom. The summed E-state index contributed by atoms with van der Waals surface area (Å²) in [6.45, 7) is 0.590. The molecule has 0 bridgehead atoms. The van der Waals surface area contributed by atoms with Crippen molar-refractivity contribution in [3.05, 3.63) is 42.0 Å². The SMILES string of the molecule is O=C(O)CC[C@H]1CCCCN1C(=O)c1cnn(-c2ccc(F)cc2)n1. The van der Waals surface area contributed by atoms with E-state index in [-0.39, 0.29) is 29.9 Å². The molecule has 1 aromatic heterocycles. The van der Waals surface area contributed by atoms with Gasteiger partial charge in [-0.15, -0.1) is 5.10 Å². The van der Waals surface area contributed by atoms with Gasteiger partial charge in [0, 0.05) is 19.0 Å². The lowest BCUT2D eigenvalue weighted by atomic mass is 9.97. The summed E-state index contributed by atoms with van der Waals surface area (Å²) in [5.74, 6) is -1.47. The summed E-state index contributed by atoms with van der Waals surface area (Å²) >= 11 is 0. The summed E-state index contributed by atoms with van der Waals surface area (Å²) in [5, 5.41) is 17.1. The van der Waals surface area contributed by atoms with Gasteiger partial charge in [0.2, 0.25) is 0 Å². The first kappa shape index (κ1) is 17.1. The highest BCUT2D eigenvalue weighted by atomic mass is 19.1. The first-order valence-electron chi connectivity index (χ1n) is 8.25. The van der Waals surface area contributed by atoms with Gasteiger partial charge >= 0.3 is 5.97 Å². The lowest BCUT2D eigenvalue weighted by Gasteiger charge is -2.35. The number of likely N-dealkylation sites (tertiary alicyclic amines) is 1. The van der Waals surface area contributed by atoms with Gasteiger partial charge in [0.15, 0.2) is 5.69 Å². The second-order valence-corrected chi connectivity index (χ2v) is 6.08. The maximum absolute atomic E-state index is 13.0. The molecular formula is C17H19FN4O3. The van der Waals surface area contributed by atoms with Crippen LogP contribution in [0.1, 0.15) is 42.6 Å². The number of piperidine rings is 1. The summed E-state index contributed by atoms with van der Waals surface area (Å²) in [6.07, 6.45) is 4.53. The molecule has 2 heterocycles. The van der Waals surface area contributed by atoms with Crippen LogP contribution in [0, 0.1) is 5.82 Å². The highest BCUT2D eigenvalue weighted by Crippen LogP contribution is 2.22.